The third kappa shape index (κ3) is 5.70. The fourth-order valence-corrected chi connectivity index (χ4v) is 4.31. The largest absolute Gasteiger partial charge is 0.494 e. The molecule has 0 radical (unpaired) electrons. The Bertz CT molecular complexity index is 1590. The molecule has 0 aliphatic carbocycles. The summed E-state index contributed by atoms with van der Waals surface area (Å²) in [5, 5.41) is 5.27. The van der Waals surface area contributed by atoms with E-state index in [2.05, 4.69) is 18.9 Å². The minimum Gasteiger partial charge on any atom is -0.494 e. The highest BCUT2D eigenvalue weighted by Crippen LogP contribution is 2.34. The van der Waals surface area contributed by atoms with E-state index in [-0.39, 0.29) is 23.1 Å². The molecular formula is C29H29ClN4O4. The fourth-order valence-electron chi connectivity index (χ4n) is 4.06. The van der Waals surface area contributed by atoms with Crippen LogP contribution >= 0.6 is 11.6 Å². The first-order valence-corrected chi connectivity index (χ1v) is 12.6. The van der Waals surface area contributed by atoms with Crippen molar-refractivity contribution in [3.05, 3.63) is 86.7 Å². The number of rotatable bonds is 9. The van der Waals surface area contributed by atoms with E-state index < -0.39 is 5.91 Å². The van der Waals surface area contributed by atoms with Gasteiger partial charge in [0.2, 0.25) is 0 Å². The van der Waals surface area contributed by atoms with Crippen LogP contribution in [0.5, 0.6) is 11.5 Å². The van der Waals surface area contributed by atoms with E-state index in [0.29, 0.717) is 34.6 Å². The highest BCUT2D eigenvalue weighted by atomic mass is 35.5. The van der Waals surface area contributed by atoms with Gasteiger partial charge in [0.25, 0.3) is 11.5 Å². The number of fused-ring (bicyclic) bond motifs is 1. The minimum absolute atomic E-state index is 0.192. The standard InChI is InChI=1S/C29H29ClN4O4/c1-5-37-26-12-18(4)22(14-21(26)17(2)3)28-33-24-9-7-6-8-20(24)29(36)34(28)32-15-19-10-11-25(23(30)13-19)38-16-27(31)35/h6-15,17H,5,16H2,1-4H3,(H2,31,35). The van der Waals surface area contributed by atoms with Crippen LogP contribution in [0.15, 0.2) is 64.5 Å². The molecule has 0 saturated heterocycles. The van der Waals surface area contributed by atoms with Crippen LogP contribution in [0, 0.1) is 6.92 Å². The number of nitrogens with two attached hydrogens (primary N) is 1. The number of carbonyl (C=O) groups is 1. The summed E-state index contributed by atoms with van der Waals surface area (Å²) < 4.78 is 12.5. The average molecular weight is 533 g/mol. The number of halogens is 1. The van der Waals surface area contributed by atoms with Crippen molar-refractivity contribution in [1.29, 1.82) is 0 Å². The van der Waals surface area contributed by atoms with Crippen LogP contribution in [0.4, 0.5) is 0 Å². The van der Waals surface area contributed by atoms with Crippen molar-refractivity contribution in [2.75, 3.05) is 13.2 Å². The first-order valence-electron chi connectivity index (χ1n) is 12.2. The molecule has 0 bridgehead atoms. The zero-order valence-electron chi connectivity index (χ0n) is 21.7. The lowest BCUT2D eigenvalue weighted by Crippen LogP contribution is -2.21. The summed E-state index contributed by atoms with van der Waals surface area (Å²) in [6, 6.07) is 16.1. The lowest BCUT2D eigenvalue weighted by Gasteiger charge is -2.18. The maximum atomic E-state index is 13.6. The van der Waals surface area contributed by atoms with E-state index in [1.165, 1.54) is 10.9 Å². The van der Waals surface area contributed by atoms with E-state index in [9.17, 15) is 9.59 Å². The molecule has 3 aromatic carbocycles. The van der Waals surface area contributed by atoms with E-state index in [1.54, 1.807) is 30.3 Å². The van der Waals surface area contributed by atoms with Crippen LogP contribution in [-0.4, -0.2) is 35.0 Å². The van der Waals surface area contributed by atoms with Crippen molar-refractivity contribution in [2.45, 2.75) is 33.6 Å². The first-order chi connectivity index (χ1) is 18.2. The Balaban J connectivity index is 1.86. The SMILES string of the molecule is CCOc1cc(C)c(-c2nc3ccccc3c(=O)n2N=Cc2ccc(OCC(N)=O)c(Cl)c2)cc1C(C)C. The zero-order valence-corrected chi connectivity index (χ0v) is 22.5. The number of benzene rings is 3. The Kier molecular flexibility index (Phi) is 8.12. The molecule has 2 N–H and O–H groups in total. The topological polar surface area (TPSA) is 109 Å². The second kappa shape index (κ2) is 11.5. The number of primary amides is 1. The van der Waals surface area contributed by atoms with E-state index in [0.717, 1.165) is 22.4 Å². The van der Waals surface area contributed by atoms with E-state index in [4.69, 9.17) is 31.8 Å². The molecule has 9 heteroatoms. The van der Waals surface area contributed by atoms with Gasteiger partial charge in [-0.1, -0.05) is 37.6 Å². The number of nitrogens with zero attached hydrogens (tertiary/aromatic N) is 3. The summed E-state index contributed by atoms with van der Waals surface area (Å²) in [6.45, 7) is 8.37. The number of hydrogen-bond donors (Lipinski definition) is 1. The summed E-state index contributed by atoms with van der Waals surface area (Å²) in [7, 11) is 0. The summed E-state index contributed by atoms with van der Waals surface area (Å²) in [5.41, 5.74) is 8.75. The summed E-state index contributed by atoms with van der Waals surface area (Å²) in [4.78, 5) is 29.5. The Morgan fingerprint density at radius 2 is 1.89 bits per heavy atom. The van der Waals surface area contributed by atoms with Gasteiger partial charge in [0.1, 0.15) is 11.5 Å². The Labute approximate surface area is 225 Å². The highest BCUT2D eigenvalue weighted by molar-refractivity contribution is 6.32. The van der Waals surface area contributed by atoms with Gasteiger partial charge in [-0.2, -0.15) is 9.78 Å². The monoisotopic (exact) mass is 532 g/mol. The van der Waals surface area contributed by atoms with Crippen LogP contribution in [0.2, 0.25) is 5.02 Å². The molecular weight excluding hydrogens is 504 g/mol. The van der Waals surface area contributed by atoms with Crippen molar-refractivity contribution in [1.82, 2.24) is 9.66 Å². The molecule has 4 aromatic rings. The van der Waals surface area contributed by atoms with Crippen LogP contribution in [-0.2, 0) is 4.79 Å². The predicted molar refractivity (Wildman–Crippen MR) is 151 cm³/mol. The molecule has 0 saturated carbocycles. The van der Waals surface area contributed by atoms with Crippen molar-refractivity contribution in [3.8, 4) is 22.9 Å². The first kappa shape index (κ1) is 26.9. The summed E-state index contributed by atoms with van der Waals surface area (Å²) >= 11 is 6.31. The fraction of sp³-hybridized carbons (Fsp3) is 0.241. The second-order valence-electron chi connectivity index (χ2n) is 9.05. The smallest absolute Gasteiger partial charge is 0.282 e. The molecule has 8 nitrogen and oxygen atoms in total. The maximum Gasteiger partial charge on any atom is 0.282 e. The quantitative estimate of drug-likeness (QED) is 0.294. The third-order valence-electron chi connectivity index (χ3n) is 5.92. The Morgan fingerprint density at radius 3 is 2.58 bits per heavy atom. The molecule has 0 spiro atoms. The number of aromatic nitrogens is 2. The van der Waals surface area contributed by atoms with Crippen molar-refractivity contribution < 1.29 is 14.3 Å². The summed E-state index contributed by atoms with van der Waals surface area (Å²) in [6.07, 6.45) is 1.53. The van der Waals surface area contributed by atoms with Crippen LogP contribution in [0.1, 0.15) is 43.4 Å². The van der Waals surface area contributed by atoms with Gasteiger partial charge in [0.15, 0.2) is 12.4 Å². The minimum atomic E-state index is -0.604. The molecule has 38 heavy (non-hydrogen) atoms. The molecule has 0 fully saturated rings. The molecule has 1 aromatic heterocycles. The lowest BCUT2D eigenvalue weighted by atomic mass is 9.96. The number of ether oxygens (including phenoxy) is 2. The lowest BCUT2D eigenvalue weighted by molar-refractivity contribution is -0.119. The highest BCUT2D eigenvalue weighted by Gasteiger charge is 2.18. The number of aryl methyl sites for hydroxylation is 1. The molecule has 1 heterocycles. The normalized spacial score (nSPS) is 11.4. The van der Waals surface area contributed by atoms with Gasteiger partial charge in [-0.25, -0.2) is 4.98 Å². The van der Waals surface area contributed by atoms with Gasteiger partial charge in [-0.3, -0.25) is 9.59 Å². The van der Waals surface area contributed by atoms with Gasteiger partial charge in [-0.15, -0.1) is 0 Å². The van der Waals surface area contributed by atoms with Gasteiger partial charge in [0.05, 0.1) is 28.7 Å². The second-order valence-corrected chi connectivity index (χ2v) is 9.46. The molecule has 196 valence electrons. The average Bonchev–Trinajstić information content (AvgIpc) is 2.87. The molecule has 0 atom stereocenters. The molecule has 0 aliphatic heterocycles. The summed E-state index contributed by atoms with van der Waals surface area (Å²) in [5.74, 6) is 1.14. The molecule has 4 rings (SSSR count). The molecule has 0 unspecified atom stereocenters. The Hall–Kier alpha value is -4.17. The van der Waals surface area contributed by atoms with Crippen LogP contribution in [0.3, 0.4) is 0 Å². The van der Waals surface area contributed by atoms with Crippen LogP contribution < -0.4 is 20.8 Å². The van der Waals surface area contributed by atoms with Crippen molar-refractivity contribution in [3.63, 3.8) is 0 Å². The van der Waals surface area contributed by atoms with Crippen LogP contribution in [0.25, 0.3) is 22.3 Å². The maximum absolute atomic E-state index is 13.6. The Morgan fingerprint density at radius 1 is 1.13 bits per heavy atom. The van der Waals surface area contributed by atoms with E-state index in [1.807, 2.05) is 38.1 Å². The number of amides is 1. The number of hydrogen-bond acceptors (Lipinski definition) is 6. The predicted octanol–water partition coefficient (Wildman–Crippen LogP) is 5.29. The number of carbonyl (C=O) groups excluding carboxylic acids is 1. The third-order valence-corrected chi connectivity index (χ3v) is 6.22. The number of para-hydroxylation sites is 1. The van der Waals surface area contributed by atoms with Gasteiger partial charge >= 0.3 is 0 Å². The van der Waals surface area contributed by atoms with Crippen molar-refractivity contribution >= 4 is 34.6 Å². The van der Waals surface area contributed by atoms with Gasteiger partial charge in [0, 0.05) is 5.56 Å². The zero-order chi connectivity index (χ0) is 27.4. The van der Waals surface area contributed by atoms with Crippen molar-refractivity contribution in [2.24, 2.45) is 10.8 Å². The molecule has 0 aliphatic rings. The van der Waals surface area contributed by atoms with Gasteiger partial charge in [-0.05, 0) is 78.9 Å². The van der Waals surface area contributed by atoms with Gasteiger partial charge < -0.3 is 15.2 Å². The molecule has 1 amide bonds. The van der Waals surface area contributed by atoms with E-state index >= 15 is 0 Å².